The Balaban J connectivity index is 2.52. The van der Waals surface area contributed by atoms with Gasteiger partial charge in [0, 0.05) is 10.7 Å². The van der Waals surface area contributed by atoms with Crippen molar-refractivity contribution in [3.05, 3.63) is 46.5 Å². The van der Waals surface area contributed by atoms with E-state index < -0.39 is 10.0 Å². The summed E-state index contributed by atoms with van der Waals surface area (Å²) in [6.07, 6.45) is 0. The summed E-state index contributed by atoms with van der Waals surface area (Å²) in [4.78, 5) is -0.0104. The highest BCUT2D eigenvalue weighted by molar-refractivity contribution is 7.92. The summed E-state index contributed by atoms with van der Waals surface area (Å²) in [6, 6.07) is 7.86. The van der Waals surface area contributed by atoms with Crippen LogP contribution >= 0.6 is 11.6 Å². The van der Waals surface area contributed by atoms with Gasteiger partial charge in [0.1, 0.15) is 10.6 Å². The third-order valence-electron chi connectivity index (χ3n) is 3.21. The Morgan fingerprint density at radius 3 is 2.27 bits per heavy atom. The van der Waals surface area contributed by atoms with E-state index in [1.807, 2.05) is 0 Å². The molecule has 0 aliphatic carbocycles. The van der Waals surface area contributed by atoms with Crippen LogP contribution in [0.1, 0.15) is 11.1 Å². The zero-order valence-electron chi connectivity index (χ0n) is 12.5. The van der Waals surface area contributed by atoms with Crippen LogP contribution < -0.4 is 15.2 Å². The van der Waals surface area contributed by atoms with Crippen LogP contribution in [0.3, 0.4) is 0 Å². The molecule has 0 amide bonds. The first-order valence-electron chi connectivity index (χ1n) is 6.47. The second kappa shape index (κ2) is 6.06. The van der Waals surface area contributed by atoms with Gasteiger partial charge in [-0.3, -0.25) is 4.72 Å². The Bertz CT molecular complexity index is 797. The summed E-state index contributed by atoms with van der Waals surface area (Å²) in [6.45, 7) is 3.57. The molecule has 0 aliphatic rings. The van der Waals surface area contributed by atoms with Crippen molar-refractivity contribution in [1.82, 2.24) is 0 Å². The van der Waals surface area contributed by atoms with E-state index in [0.29, 0.717) is 16.4 Å². The Morgan fingerprint density at radius 2 is 1.73 bits per heavy atom. The van der Waals surface area contributed by atoms with E-state index in [0.717, 1.165) is 11.1 Å². The van der Waals surface area contributed by atoms with Gasteiger partial charge in [-0.25, -0.2) is 8.42 Å². The molecule has 0 saturated carbocycles. The number of hydrogen-bond donors (Lipinski definition) is 2. The van der Waals surface area contributed by atoms with Crippen molar-refractivity contribution in [3.8, 4) is 5.75 Å². The second-order valence-corrected chi connectivity index (χ2v) is 7.02. The molecule has 7 heteroatoms. The molecule has 5 nitrogen and oxygen atoms in total. The Morgan fingerprint density at radius 1 is 1.14 bits per heavy atom. The maximum atomic E-state index is 12.6. The SMILES string of the molecule is COc1ccc(N)cc1S(=O)(=O)Nc1c(C)cc(Cl)cc1C. The fourth-order valence-corrected chi connectivity index (χ4v) is 3.90. The topological polar surface area (TPSA) is 81.4 Å². The van der Waals surface area contributed by atoms with E-state index in [2.05, 4.69) is 4.72 Å². The highest BCUT2D eigenvalue weighted by atomic mass is 35.5. The smallest absolute Gasteiger partial charge is 0.265 e. The number of rotatable bonds is 4. The molecule has 118 valence electrons. The molecule has 2 aromatic rings. The Hall–Kier alpha value is -1.92. The van der Waals surface area contributed by atoms with E-state index in [1.54, 1.807) is 32.0 Å². The predicted molar refractivity (Wildman–Crippen MR) is 89.1 cm³/mol. The van der Waals surface area contributed by atoms with Gasteiger partial charge in [-0.15, -0.1) is 0 Å². The van der Waals surface area contributed by atoms with Crippen LogP contribution in [0.5, 0.6) is 5.75 Å². The van der Waals surface area contributed by atoms with Crippen LogP contribution in [0, 0.1) is 13.8 Å². The third kappa shape index (κ3) is 3.28. The number of nitrogen functional groups attached to an aromatic ring is 1. The molecule has 22 heavy (non-hydrogen) atoms. The Kier molecular flexibility index (Phi) is 4.53. The van der Waals surface area contributed by atoms with Gasteiger partial charge in [-0.05, 0) is 55.3 Å². The molecule has 0 atom stereocenters. The number of benzene rings is 2. The molecule has 0 unspecified atom stereocenters. The largest absolute Gasteiger partial charge is 0.495 e. The van der Waals surface area contributed by atoms with Gasteiger partial charge < -0.3 is 10.5 Å². The molecule has 0 radical (unpaired) electrons. The number of ether oxygens (including phenoxy) is 1. The first-order chi connectivity index (χ1) is 10.2. The highest BCUT2D eigenvalue weighted by Gasteiger charge is 2.21. The molecule has 2 rings (SSSR count). The van der Waals surface area contributed by atoms with E-state index in [9.17, 15) is 8.42 Å². The minimum absolute atomic E-state index is 0.0104. The summed E-state index contributed by atoms with van der Waals surface area (Å²) >= 11 is 5.97. The molecule has 0 spiro atoms. The summed E-state index contributed by atoms with van der Waals surface area (Å²) in [7, 11) is -2.43. The van der Waals surface area contributed by atoms with Gasteiger partial charge in [-0.1, -0.05) is 11.6 Å². The van der Waals surface area contributed by atoms with Crippen molar-refractivity contribution in [1.29, 1.82) is 0 Å². The van der Waals surface area contributed by atoms with Crippen LogP contribution in [-0.4, -0.2) is 15.5 Å². The van der Waals surface area contributed by atoms with Crippen molar-refractivity contribution in [2.45, 2.75) is 18.7 Å². The molecular weight excluding hydrogens is 324 g/mol. The molecule has 0 aliphatic heterocycles. The van der Waals surface area contributed by atoms with Gasteiger partial charge in [0.05, 0.1) is 12.8 Å². The lowest BCUT2D eigenvalue weighted by molar-refractivity contribution is 0.403. The van der Waals surface area contributed by atoms with Gasteiger partial charge in [0.15, 0.2) is 0 Å². The summed E-state index contributed by atoms with van der Waals surface area (Å²) < 4.78 is 33.0. The zero-order chi connectivity index (χ0) is 16.5. The predicted octanol–water partition coefficient (Wildman–Crippen LogP) is 3.35. The first-order valence-corrected chi connectivity index (χ1v) is 8.34. The molecule has 0 bridgehead atoms. The van der Waals surface area contributed by atoms with Gasteiger partial charge >= 0.3 is 0 Å². The average Bonchev–Trinajstić information content (AvgIpc) is 2.43. The number of methoxy groups -OCH3 is 1. The van der Waals surface area contributed by atoms with Crippen molar-refractivity contribution >= 4 is 33.0 Å². The average molecular weight is 341 g/mol. The van der Waals surface area contributed by atoms with Crippen molar-refractivity contribution in [2.24, 2.45) is 0 Å². The van der Waals surface area contributed by atoms with Gasteiger partial charge in [0.25, 0.3) is 10.0 Å². The number of halogens is 1. The van der Waals surface area contributed by atoms with Crippen molar-refractivity contribution < 1.29 is 13.2 Å². The van der Waals surface area contributed by atoms with E-state index >= 15 is 0 Å². The molecule has 0 aromatic heterocycles. The molecule has 2 aromatic carbocycles. The maximum Gasteiger partial charge on any atom is 0.265 e. The fourth-order valence-electron chi connectivity index (χ4n) is 2.16. The molecule has 0 saturated heterocycles. The quantitative estimate of drug-likeness (QED) is 0.836. The summed E-state index contributed by atoms with van der Waals surface area (Å²) in [5, 5.41) is 0.555. The lowest BCUT2D eigenvalue weighted by Gasteiger charge is -2.15. The number of nitrogens with one attached hydrogen (secondary N) is 1. The zero-order valence-corrected chi connectivity index (χ0v) is 14.0. The molecule has 0 fully saturated rings. The summed E-state index contributed by atoms with van der Waals surface area (Å²) in [5.41, 5.74) is 7.99. The van der Waals surface area contributed by atoms with Crippen LogP contribution in [0.25, 0.3) is 0 Å². The highest BCUT2D eigenvalue weighted by Crippen LogP contribution is 2.31. The summed E-state index contributed by atoms with van der Waals surface area (Å²) in [5.74, 6) is 0.228. The van der Waals surface area contributed by atoms with E-state index in [4.69, 9.17) is 22.1 Å². The minimum atomic E-state index is -3.83. The maximum absolute atomic E-state index is 12.6. The van der Waals surface area contributed by atoms with Crippen LogP contribution in [0.4, 0.5) is 11.4 Å². The van der Waals surface area contributed by atoms with Crippen molar-refractivity contribution in [2.75, 3.05) is 17.6 Å². The lowest BCUT2D eigenvalue weighted by atomic mass is 10.1. The number of nitrogens with two attached hydrogens (primary N) is 1. The van der Waals surface area contributed by atoms with Crippen LogP contribution in [0.2, 0.25) is 5.02 Å². The molecule has 0 heterocycles. The minimum Gasteiger partial charge on any atom is -0.495 e. The van der Waals surface area contributed by atoms with Crippen LogP contribution in [-0.2, 0) is 10.0 Å². The number of aryl methyl sites for hydroxylation is 2. The monoisotopic (exact) mass is 340 g/mol. The van der Waals surface area contributed by atoms with Crippen LogP contribution in [0.15, 0.2) is 35.2 Å². The second-order valence-electron chi connectivity index (χ2n) is 4.93. The lowest BCUT2D eigenvalue weighted by Crippen LogP contribution is -2.16. The van der Waals surface area contributed by atoms with E-state index in [1.165, 1.54) is 19.2 Å². The number of hydrogen-bond acceptors (Lipinski definition) is 4. The standard InChI is InChI=1S/C15H17ClN2O3S/c1-9-6-11(16)7-10(2)15(9)18-22(19,20)14-8-12(17)4-5-13(14)21-3/h4-8,18H,17H2,1-3H3. The first kappa shape index (κ1) is 16.5. The normalized spacial score (nSPS) is 11.3. The van der Waals surface area contributed by atoms with Crippen molar-refractivity contribution in [3.63, 3.8) is 0 Å². The Labute approximate surface area is 135 Å². The number of anilines is 2. The third-order valence-corrected chi connectivity index (χ3v) is 4.80. The fraction of sp³-hybridized carbons (Fsp3) is 0.200. The number of sulfonamides is 1. The molecule has 3 N–H and O–H groups in total. The van der Waals surface area contributed by atoms with Gasteiger partial charge in [-0.2, -0.15) is 0 Å². The molecular formula is C15H17ClN2O3S. The van der Waals surface area contributed by atoms with Gasteiger partial charge in [0.2, 0.25) is 0 Å². The van der Waals surface area contributed by atoms with E-state index in [-0.39, 0.29) is 10.6 Å².